The van der Waals surface area contributed by atoms with Crippen molar-refractivity contribution in [3.05, 3.63) is 53.1 Å². The van der Waals surface area contributed by atoms with Crippen molar-refractivity contribution >= 4 is 29.2 Å². The normalized spacial score (nSPS) is 12.9. The van der Waals surface area contributed by atoms with Gasteiger partial charge in [0.1, 0.15) is 11.5 Å². The fourth-order valence-electron chi connectivity index (χ4n) is 1.87. The van der Waals surface area contributed by atoms with E-state index in [4.69, 9.17) is 21.1 Å². The number of hydrogen-bond acceptors (Lipinski definition) is 4. The summed E-state index contributed by atoms with van der Waals surface area (Å²) < 4.78 is 10.5. The molecule has 21 heavy (non-hydrogen) atoms. The van der Waals surface area contributed by atoms with Crippen LogP contribution in [-0.2, 0) is 4.79 Å². The van der Waals surface area contributed by atoms with E-state index in [9.17, 15) is 9.59 Å². The van der Waals surface area contributed by atoms with Gasteiger partial charge in [-0.25, -0.2) is 4.79 Å². The fourth-order valence-corrected chi connectivity index (χ4v) is 2.00. The quantitative estimate of drug-likeness (QED) is 0.684. The molecule has 0 bridgehead atoms. The Labute approximate surface area is 125 Å². The van der Waals surface area contributed by atoms with E-state index >= 15 is 0 Å². The first-order chi connectivity index (χ1) is 10.1. The zero-order valence-electron chi connectivity index (χ0n) is 10.8. The standard InChI is InChI=1S/C15H10ClNO4/c16-10-3-1-9(2-4-10)15(19)21-11-5-6-12-13(7-11)20-8-14(18)17-12/h1-7H,8H2,(H,17,18). The van der Waals surface area contributed by atoms with E-state index < -0.39 is 5.97 Å². The zero-order chi connectivity index (χ0) is 14.8. The Bertz CT molecular complexity index is 712. The predicted octanol–water partition coefficient (Wildman–Crippen LogP) is 2.89. The van der Waals surface area contributed by atoms with Crippen molar-refractivity contribution in [3.8, 4) is 11.5 Å². The van der Waals surface area contributed by atoms with Gasteiger partial charge in [0.25, 0.3) is 5.91 Å². The number of nitrogens with one attached hydrogen (secondary N) is 1. The smallest absolute Gasteiger partial charge is 0.343 e. The Morgan fingerprint density at radius 3 is 2.71 bits per heavy atom. The van der Waals surface area contributed by atoms with Crippen LogP contribution in [0.4, 0.5) is 5.69 Å². The second-order valence-electron chi connectivity index (χ2n) is 4.39. The third kappa shape index (κ3) is 2.98. The van der Waals surface area contributed by atoms with Crippen molar-refractivity contribution < 1.29 is 19.1 Å². The van der Waals surface area contributed by atoms with Crippen LogP contribution < -0.4 is 14.8 Å². The van der Waals surface area contributed by atoms with Gasteiger partial charge in [-0.2, -0.15) is 0 Å². The molecule has 3 rings (SSSR count). The molecule has 0 atom stereocenters. The minimum absolute atomic E-state index is 0.0540. The molecular weight excluding hydrogens is 294 g/mol. The molecule has 0 aromatic heterocycles. The molecule has 6 heteroatoms. The van der Waals surface area contributed by atoms with E-state index in [1.54, 1.807) is 42.5 Å². The lowest BCUT2D eigenvalue weighted by atomic mass is 10.2. The van der Waals surface area contributed by atoms with E-state index in [0.29, 0.717) is 27.8 Å². The van der Waals surface area contributed by atoms with E-state index in [1.165, 1.54) is 0 Å². The van der Waals surface area contributed by atoms with Crippen LogP contribution in [0.15, 0.2) is 42.5 Å². The maximum atomic E-state index is 12.0. The summed E-state index contributed by atoms with van der Waals surface area (Å²) in [6.45, 7) is -0.0540. The number of halogens is 1. The largest absolute Gasteiger partial charge is 0.481 e. The molecule has 1 amide bonds. The first-order valence-electron chi connectivity index (χ1n) is 6.16. The summed E-state index contributed by atoms with van der Waals surface area (Å²) in [5, 5.41) is 3.21. The van der Waals surface area contributed by atoms with Gasteiger partial charge in [0.15, 0.2) is 6.61 Å². The van der Waals surface area contributed by atoms with Crippen LogP contribution in [0.3, 0.4) is 0 Å². The average Bonchev–Trinajstić information content (AvgIpc) is 2.48. The van der Waals surface area contributed by atoms with Gasteiger partial charge in [0.05, 0.1) is 11.3 Å². The first-order valence-corrected chi connectivity index (χ1v) is 6.54. The number of carbonyl (C=O) groups is 2. The number of rotatable bonds is 2. The molecule has 0 saturated carbocycles. The van der Waals surface area contributed by atoms with Crippen molar-refractivity contribution in [2.24, 2.45) is 0 Å². The van der Waals surface area contributed by atoms with E-state index in [1.807, 2.05) is 0 Å². The van der Waals surface area contributed by atoms with E-state index in [-0.39, 0.29) is 12.5 Å². The van der Waals surface area contributed by atoms with Crippen LogP contribution in [0.5, 0.6) is 11.5 Å². The lowest BCUT2D eigenvalue weighted by Crippen LogP contribution is -2.25. The fraction of sp³-hybridized carbons (Fsp3) is 0.0667. The molecule has 0 unspecified atom stereocenters. The number of esters is 1. The summed E-state index contributed by atoms with van der Waals surface area (Å²) in [7, 11) is 0. The molecule has 5 nitrogen and oxygen atoms in total. The predicted molar refractivity (Wildman–Crippen MR) is 77.0 cm³/mol. The van der Waals surface area contributed by atoms with Crippen LogP contribution in [0.1, 0.15) is 10.4 Å². The molecule has 2 aromatic rings. The van der Waals surface area contributed by atoms with Crippen molar-refractivity contribution in [3.63, 3.8) is 0 Å². The van der Waals surface area contributed by atoms with Crippen LogP contribution >= 0.6 is 11.6 Å². The first kappa shape index (κ1) is 13.5. The summed E-state index contributed by atoms with van der Waals surface area (Å²) >= 11 is 5.76. The molecule has 0 fully saturated rings. The summed E-state index contributed by atoms with van der Waals surface area (Å²) in [5.41, 5.74) is 0.948. The van der Waals surface area contributed by atoms with Crippen LogP contribution in [0, 0.1) is 0 Å². The third-order valence-electron chi connectivity index (χ3n) is 2.88. The van der Waals surface area contributed by atoms with Gasteiger partial charge in [-0.1, -0.05) is 11.6 Å². The molecule has 1 N–H and O–H groups in total. The summed E-state index contributed by atoms with van der Waals surface area (Å²) in [5.74, 6) is 0.0979. The van der Waals surface area contributed by atoms with Crippen LogP contribution in [0.2, 0.25) is 5.02 Å². The lowest BCUT2D eigenvalue weighted by molar-refractivity contribution is -0.118. The van der Waals surface area contributed by atoms with Gasteiger partial charge in [-0.3, -0.25) is 4.79 Å². The van der Waals surface area contributed by atoms with Crippen LogP contribution in [0.25, 0.3) is 0 Å². The molecule has 1 aliphatic rings. The Kier molecular flexibility index (Phi) is 3.50. The number of amides is 1. The van der Waals surface area contributed by atoms with Gasteiger partial charge in [0.2, 0.25) is 0 Å². The van der Waals surface area contributed by atoms with Crippen molar-refractivity contribution in [2.75, 3.05) is 11.9 Å². The van der Waals surface area contributed by atoms with Gasteiger partial charge in [0, 0.05) is 11.1 Å². The topological polar surface area (TPSA) is 64.6 Å². The highest BCUT2D eigenvalue weighted by Gasteiger charge is 2.17. The molecular formula is C15H10ClNO4. The Hall–Kier alpha value is -2.53. The van der Waals surface area contributed by atoms with Crippen molar-refractivity contribution in [1.82, 2.24) is 0 Å². The number of carbonyl (C=O) groups excluding carboxylic acids is 2. The third-order valence-corrected chi connectivity index (χ3v) is 3.13. The number of hydrogen-bond donors (Lipinski definition) is 1. The lowest BCUT2D eigenvalue weighted by Gasteiger charge is -2.18. The highest BCUT2D eigenvalue weighted by Crippen LogP contribution is 2.31. The molecule has 1 aliphatic heterocycles. The maximum absolute atomic E-state index is 12.0. The highest BCUT2D eigenvalue weighted by atomic mass is 35.5. The summed E-state index contributed by atoms with van der Waals surface area (Å²) in [4.78, 5) is 23.1. The summed E-state index contributed by atoms with van der Waals surface area (Å²) in [6, 6.07) is 11.2. The maximum Gasteiger partial charge on any atom is 0.343 e. The van der Waals surface area contributed by atoms with E-state index in [0.717, 1.165) is 0 Å². The molecule has 0 spiro atoms. The van der Waals surface area contributed by atoms with Crippen LogP contribution in [-0.4, -0.2) is 18.5 Å². The van der Waals surface area contributed by atoms with Gasteiger partial charge < -0.3 is 14.8 Å². The van der Waals surface area contributed by atoms with Crippen molar-refractivity contribution in [2.45, 2.75) is 0 Å². The van der Waals surface area contributed by atoms with E-state index in [2.05, 4.69) is 5.32 Å². The Morgan fingerprint density at radius 2 is 1.95 bits per heavy atom. The number of ether oxygens (including phenoxy) is 2. The molecule has 0 aliphatic carbocycles. The highest BCUT2D eigenvalue weighted by molar-refractivity contribution is 6.30. The van der Waals surface area contributed by atoms with Gasteiger partial charge >= 0.3 is 5.97 Å². The Morgan fingerprint density at radius 1 is 1.19 bits per heavy atom. The molecule has 106 valence electrons. The Balaban J connectivity index is 1.77. The SMILES string of the molecule is O=C1COc2cc(OC(=O)c3ccc(Cl)cc3)ccc2N1. The second-order valence-corrected chi connectivity index (χ2v) is 4.83. The zero-order valence-corrected chi connectivity index (χ0v) is 11.5. The minimum atomic E-state index is -0.494. The average molecular weight is 304 g/mol. The molecule has 0 saturated heterocycles. The van der Waals surface area contributed by atoms with Gasteiger partial charge in [-0.05, 0) is 36.4 Å². The molecule has 2 aromatic carbocycles. The van der Waals surface area contributed by atoms with Gasteiger partial charge in [-0.15, -0.1) is 0 Å². The number of benzene rings is 2. The molecule has 1 heterocycles. The summed E-state index contributed by atoms with van der Waals surface area (Å²) in [6.07, 6.45) is 0. The monoisotopic (exact) mass is 303 g/mol. The van der Waals surface area contributed by atoms with Crippen molar-refractivity contribution in [1.29, 1.82) is 0 Å². The number of anilines is 1. The second kappa shape index (κ2) is 5.46. The minimum Gasteiger partial charge on any atom is -0.481 e. The molecule has 0 radical (unpaired) electrons. The number of fused-ring (bicyclic) bond motifs is 1.